The molecule has 0 radical (unpaired) electrons. The molecule has 5 nitrogen and oxygen atoms in total. The summed E-state index contributed by atoms with van der Waals surface area (Å²) in [5.41, 5.74) is 5.11. The van der Waals surface area contributed by atoms with Crippen LogP contribution >= 0.6 is 0 Å². The molecule has 11 heavy (non-hydrogen) atoms. The van der Waals surface area contributed by atoms with Gasteiger partial charge in [0.15, 0.2) is 0 Å². The first-order valence-electron chi connectivity index (χ1n) is 3.13. The molecule has 0 aliphatic rings. The van der Waals surface area contributed by atoms with Crippen molar-refractivity contribution < 1.29 is 14.7 Å². The number of nitrogens with zero attached hydrogens (tertiary/aromatic N) is 1. The fourth-order valence-corrected chi connectivity index (χ4v) is 0.458. The van der Waals surface area contributed by atoms with E-state index in [4.69, 9.17) is 10.8 Å². The quantitative estimate of drug-likeness (QED) is 0.547. The minimum atomic E-state index is -1.15. The molecule has 5 heteroatoms. The molecule has 0 spiro atoms. The predicted molar refractivity (Wildman–Crippen MR) is 38.9 cm³/mol. The maximum absolute atomic E-state index is 10.8. The van der Waals surface area contributed by atoms with E-state index in [1.807, 2.05) is 0 Å². The topological polar surface area (TPSA) is 83.6 Å². The molecule has 0 aliphatic carbocycles. The van der Waals surface area contributed by atoms with Crippen molar-refractivity contribution in [2.45, 2.75) is 12.5 Å². The van der Waals surface area contributed by atoms with Crippen LogP contribution in [0.3, 0.4) is 0 Å². The monoisotopic (exact) mass is 160 g/mol. The van der Waals surface area contributed by atoms with Gasteiger partial charge in [0, 0.05) is 14.1 Å². The first-order valence-corrected chi connectivity index (χ1v) is 3.13. The summed E-state index contributed by atoms with van der Waals surface area (Å²) < 4.78 is 0. The minimum absolute atomic E-state index is 0.150. The van der Waals surface area contributed by atoms with Crippen LogP contribution in [0.5, 0.6) is 0 Å². The van der Waals surface area contributed by atoms with Gasteiger partial charge in [-0.2, -0.15) is 0 Å². The highest BCUT2D eigenvalue weighted by Gasteiger charge is 2.16. The molecule has 0 rings (SSSR count). The second-order valence-corrected chi connectivity index (χ2v) is 2.44. The Bertz CT molecular complexity index is 167. The van der Waals surface area contributed by atoms with E-state index in [1.165, 1.54) is 4.90 Å². The average molecular weight is 160 g/mol. The smallest absolute Gasteiger partial charge is 0.321 e. The summed E-state index contributed by atoms with van der Waals surface area (Å²) in [6.07, 6.45) is -0.150. The van der Waals surface area contributed by atoms with Crippen molar-refractivity contribution in [3.63, 3.8) is 0 Å². The summed E-state index contributed by atoms with van der Waals surface area (Å²) in [4.78, 5) is 22.3. The third-order valence-corrected chi connectivity index (χ3v) is 1.21. The average Bonchev–Trinajstić information content (AvgIpc) is 1.87. The number of carboxylic acid groups (broad SMARTS) is 1. The Morgan fingerprint density at radius 2 is 2.00 bits per heavy atom. The second kappa shape index (κ2) is 3.92. The molecular formula is C6H12N2O3. The molecule has 0 saturated carbocycles. The fraction of sp³-hybridized carbons (Fsp3) is 0.667. The lowest BCUT2D eigenvalue weighted by Crippen LogP contribution is -2.36. The number of rotatable bonds is 3. The van der Waals surface area contributed by atoms with Gasteiger partial charge in [0.25, 0.3) is 0 Å². The van der Waals surface area contributed by atoms with E-state index < -0.39 is 12.0 Å². The zero-order chi connectivity index (χ0) is 9.02. The van der Waals surface area contributed by atoms with Crippen molar-refractivity contribution in [3.05, 3.63) is 0 Å². The second-order valence-electron chi connectivity index (χ2n) is 2.44. The Kier molecular flexibility index (Phi) is 3.53. The van der Waals surface area contributed by atoms with Gasteiger partial charge < -0.3 is 15.7 Å². The summed E-state index contributed by atoms with van der Waals surface area (Å²) >= 11 is 0. The highest BCUT2D eigenvalue weighted by atomic mass is 16.4. The van der Waals surface area contributed by atoms with E-state index in [0.717, 1.165) is 0 Å². The van der Waals surface area contributed by atoms with Gasteiger partial charge >= 0.3 is 5.97 Å². The molecule has 0 aliphatic heterocycles. The molecule has 0 fully saturated rings. The van der Waals surface area contributed by atoms with Crippen LogP contribution in [-0.2, 0) is 9.59 Å². The minimum Gasteiger partial charge on any atom is -0.480 e. The van der Waals surface area contributed by atoms with Crippen molar-refractivity contribution >= 4 is 11.9 Å². The van der Waals surface area contributed by atoms with E-state index in [9.17, 15) is 9.59 Å². The molecule has 0 unspecified atom stereocenters. The Balaban J connectivity index is 3.85. The van der Waals surface area contributed by atoms with Crippen LogP contribution in [0.25, 0.3) is 0 Å². The molecule has 0 aromatic carbocycles. The van der Waals surface area contributed by atoms with Crippen molar-refractivity contribution in [1.29, 1.82) is 0 Å². The van der Waals surface area contributed by atoms with Gasteiger partial charge in [-0.05, 0) is 0 Å². The number of carbonyl (C=O) groups excluding carboxylic acids is 1. The van der Waals surface area contributed by atoms with E-state index >= 15 is 0 Å². The molecule has 3 N–H and O–H groups in total. The van der Waals surface area contributed by atoms with Crippen LogP contribution in [0.1, 0.15) is 6.42 Å². The number of hydrogen-bond donors (Lipinski definition) is 2. The predicted octanol–water partition coefficient (Wildman–Crippen LogP) is -1.12. The van der Waals surface area contributed by atoms with Gasteiger partial charge in [0.1, 0.15) is 6.04 Å². The van der Waals surface area contributed by atoms with Crippen molar-refractivity contribution in [2.75, 3.05) is 14.1 Å². The third-order valence-electron chi connectivity index (χ3n) is 1.21. The summed E-state index contributed by atoms with van der Waals surface area (Å²) in [6.45, 7) is 0. The third kappa shape index (κ3) is 3.57. The summed E-state index contributed by atoms with van der Waals surface area (Å²) in [7, 11) is 3.10. The molecule has 0 aromatic rings. The number of nitrogens with two attached hydrogens (primary N) is 1. The molecule has 0 saturated heterocycles. The number of aliphatic carboxylic acids is 1. The standard InChI is InChI=1S/C6H12N2O3/c1-8(2)5(9)3-4(7)6(10)11/h4H,3,7H2,1-2H3,(H,10,11)/t4-/m0/s1. The first-order chi connectivity index (χ1) is 4.95. The van der Waals surface area contributed by atoms with Crippen LogP contribution in [-0.4, -0.2) is 42.0 Å². The molecule has 0 aromatic heterocycles. The zero-order valence-electron chi connectivity index (χ0n) is 6.57. The first kappa shape index (κ1) is 9.90. The maximum atomic E-state index is 10.8. The van der Waals surface area contributed by atoms with E-state index in [2.05, 4.69) is 0 Å². The van der Waals surface area contributed by atoms with Gasteiger partial charge in [0.2, 0.25) is 5.91 Å². The molecular weight excluding hydrogens is 148 g/mol. The SMILES string of the molecule is CN(C)C(=O)C[C@H](N)C(=O)O. The van der Waals surface area contributed by atoms with E-state index in [1.54, 1.807) is 14.1 Å². The van der Waals surface area contributed by atoms with Crippen molar-refractivity contribution in [3.8, 4) is 0 Å². The Hall–Kier alpha value is -1.10. The van der Waals surface area contributed by atoms with Gasteiger partial charge in [-0.3, -0.25) is 9.59 Å². The lowest BCUT2D eigenvalue weighted by Gasteiger charge is -2.11. The van der Waals surface area contributed by atoms with Crippen molar-refractivity contribution in [1.82, 2.24) is 4.90 Å². The largest absolute Gasteiger partial charge is 0.480 e. The molecule has 1 amide bonds. The number of carboxylic acids is 1. The number of hydrogen-bond acceptors (Lipinski definition) is 3. The van der Waals surface area contributed by atoms with Crippen LogP contribution in [0, 0.1) is 0 Å². The highest BCUT2D eigenvalue weighted by Crippen LogP contribution is 1.91. The fourth-order valence-electron chi connectivity index (χ4n) is 0.458. The normalized spacial score (nSPS) is 12.3. The number of amides is 1. The van der Waals surface area contributed by atoms with Crippen LogP contribution in [0.4, 0.5) is 0 Å². The summed E-state index contributed by atoms with van der Waals surface area (Å²) in [5.74, 6) is -1.43. The number of carbonyl (C=O) groups is 2. The van der Waals surface area contributed by atoms with Crippen LogP contribution in [0.15, 0.2) is 0 Å². The Morgan fingerprint density at radius 1 is 1.55 bits per heavy atom. The highest BCUT2D eigenvalue weighted by molar-refractivity contribution is 5.83. The van der Waals surface area contributed by atoms with Crippen LogP contribution in [0.2, 0.25) is 0 Å². The lowest BCUT2D eigenvalue weighted by atomic mass is 10.2. The van der Waals surface area contributed by atoms with Gasteiger partial charge in [0.05, 0.1) is 6.42 Å². The lowest BCUT2D eigenvalue weighted by molar-refractivity contribution is -0.141. The van der Waals surface area contributed by atoms with Gasteiger partial charge in [-0.25, -0.2) is 0 Å². The molecule has 1 atom stereocenters. The van der Waals surface area contributed by atoms with E-state index in [-0.39, 0.29) is 12.3 Å². The maximum Gasteiger partial charge on any atom is 0.321 e. The molecule has 0 bridgehead atoms. The van der Waals surface area contributed by atoms with Gasteiger partial charge in [-0.1, -0.05) is 0 Å². The van der Waals surface area contributed by atoms with E-state index in [0.29, 0.717) is 0 Å². The van der Waals surface area contributed by atoms with Crippen LogP contribution < -0.4 is 5.73 Å². The Morgan fingerprint density at radius 3 is 2.27 bits per heavy atom. The Labute approximate surface area is 64.8 Å². The van der Waals surface area contributed by atoms with Crippen molar-refractivity contribution in [2.24, 2.45) is 5.73 Å². The summed E-state index contributed by atoms with van der Waals surface area (Å²) in [5, 5.41) is 8.32. The zero-order valence-corrected chi connectivity index (χ0v) is 6.57. The van der Waals surface area contributed by atoms with Gasteiger partial charge in [-0.15, -0.1) is 0 Å². The molecule has 0 heterocycles. The molecule has 64 valence electrons. The summed E-state index contributed by atoms with van der Waals surface area (Å²) in [6, 6.07) is -1.09.